The zero-order valence-corrected chi connectivity index (χ0v) is 24.9. The summed E-state index contributed by atoms with van der Waals surface area (Å²) in [7, 11) is -3.91. The molecule has 0 fully saturated rings. The molecule has 0 radical (unpaired) electrons. The fourth-order valence-corrected chi connectivity index (χ4v) is 5.66. The normalized spacial score (nSPS) is 12.9. The standard InChI is InChI=1S/C33H36FN3O4S/c1-4-24(2)35-33(39)31(21-25-11-6-5-7-12-25)36(22-26-17-19-28(34)20-18-26)32(38)23-37(42(3,40)41)30-16-10-14-27-13-8-9-15-29(27)30/h5-20,24,31H,4,21-23H2,1-3H3,(H,35,39). The third-order valence-corrected chi connectivity index (χ3v) is 8.38. The van der Waals surface area contributed by atoms with Crippen LogP contribution in [-0.4, -0.2) is 50.0 Å². The smallest absolute Gasteiger partial charge is 0.244 e. The number of carbonyl (C=O) groups excluding carboxylic acids is 2. The molecule has 1 N–H and O–H groups in total. The molecule has 42 heavy (non-hydrogen) atoms. The second-order valence-electron chi connectivity index (χ2n) is 10.4. The number of hydrogen-bond acceptors (Lipinski definition) is 4. The van der Waals surface area contributed by atoms with E-state index in [9.17, 15) is 22.4 Å². The van der Waals surface area contributed by atoms with Crippen LogP contribution in [0.15, 0.2) is 97.1 Å². The first-order valence-electron chi connectivity index (χ1n) is 13.9. The molecule has 2 atom stereocenters. The van der Waals surface area contributed by atoms with E-state index in [2.05, 4.69) is 5.32 Å². The maximum atomic E-state index is 14.2. The molecule has 0 aromatic heterocycles. The Morgan fingerprint density at radius 2 is 1.50 bits per heavy atom. The summed E-state index contributed by atoms with van der Waals surface area (Å²) in [5.41, 5.74) is 1.82. The van der Waals surface area contributed by atoms with E-state index < -0.39 is 34.3 Å². The first-order valence-corrected chi connectivity index (χ1v) is 15.7. The minimum Gasteiger partial charge on any atom is -0.352 e. The van der Waals surface area contributed by atoms with Crippen molar-refractivity contribution in [1.29, 1.82) is 0 Å². The minimum absolute atomic E-state index is 0.0162. The molecule has 0 bridgehead atoms. The van der Waals surface area contributed by atoms with Gasteiger partial charge in [0.1, 0.15) is 18.4 Å². The van der Waals surface area contributed by atoms with E-state index in [4.69, 9.17) is 0 Å². The number of carbonyl (C=O) groups is 2. The Kier molecular flexibility index (Phi) is 9.96. The van der Waals surface area contributed by atoms with Gasteiger partial charge in [0, 0.05) is 24.4 Å². The first kappa shape index (κ1) is 30.7. The lowest BCUT2D eigenvalue weighted by molar-refractivity contribution is -0.140. The second kappa shape index (κ2) is 13.6. The third kappa shape index (κ3) is 7.73. The van der Waals surface area contributed by atoms with Gasteiger partial charge in [-0.05, 0) is 48.1 Å². The lowest BCUT2D eigenvalue weighted by atomic mass is 10.0. The van der Waals surface area contributed by atoms with Gasteiger partial charge in [-0.1, -0.05) is 85.8 Å². The molecular weight excluding hydrogens is 553 g/mol. The fourth-order valence-electron chi connectivity index (χ4n) is 4.80. The molecule has 0 aliphatic carbocycles. The second-order valence-corrected chi connectivity index (χ2v) is 12.3. The van der Waals surface area contributed by atoms with Crippen LogP contribution in [0.3, 0.4) is 0 Å². The van der Waals surface area contributed by atoms with Crippen LogP contribution in [-0.2, 0) is 32.6 Å². The van der Waals surface area contributed by atoms with Gasteiger partial charge in [0.25, 0.3) is 0 Å². The van der Waals surface area contributed by atoms with Gasteiger partial charge in [0.2, 0.25) is 21.8 Å². The number of benzene rings is 4. The SMILES string of the molecule is CCC(C)NC(=O)C(Cc1ccccc1)N(Cc1ccc(F)cc1)C(=O)CN(c1cccc2ccccc12)S(C)(=O)=O. The summed E-state index contributed by atoms with van der Waals surface area (Å²) in [6, 6.07) is 26.6. The number of amides is 2. The van der Waals surface area contributed by atoms with Gasteiger partial charge in [-0.25, -0.2) is 12.8 Å². The predicted molar refractivity (Wildman–Crippen MR) is 165 cm³/mol. The molecule has 0 spiro atoms. The molecule has 0 saturated heterocycles. The van der Waals surface area contributed by atoms with Gasteiger partial charge in [0.15, 0.2) is 0 Å². The van der Waals surface area contributed by atoms with Crippen molar-refractivity contribution in [2.24, 2.45) is 0 Å². The van der Waals surface area contributed by atoms with Crippen LogP contribution in [0.1, 0.15) is 31.4 Å². The zero-order chi connectivity index (χ0) is 30.3. The number of nitrogens with zero attached hydrogens (tertiary/aromatic N) is 2. The molecule has 4 aromatic carbocycles. The fraction of sp³-hybridized carbons (Fsp3) is 0.273. The van der Waals surface area contributed by atoms with E-state index in [1.165, 1.54) is 17.0 Å². The van der Waals surface area contributed by atoms with Crippen molar-refractivity contribution < 1.29 is 22.4 Å². The molecule has 2 unspecified atom stereocenters. The molecule has 9 heteroatoms. The van der Waals surface area contributed by atoms with Gasteiger partial charge in [0.05, 0.1) is 11.9 Å². The molecular formula is C33H36FN3O4S. The maximum absolute atomic E-state index is 14.2. The quantitative estimate of drug-likeness (QED) is 0.243. The van der Waals surface area contributed by atoms with Crippen molar-refractivity contribution in [3.05, 3.63) is 114 Å². The molecule has 4 rings (SSSR count). The van der Waals surface area contributed by atoms with Crippen molar-refractivity contribution in [3.8, 4) is 0 Å². The van der Waals surface area contributed by atoms with Crippen LogP contribution in [0, 0.1) is 5.82 Å². The van der Waals surface area contributed by atoms with Crippen LogP contribution >= 0.6 is 0 Å². The predicted octanol–water partition coefficient (Wildman–Crippen LogP) is 5.30. The number of sulfonamides is 1. The summed E-state index contributed by atoms with van der Waals surface area (Å²) < 4.78 is 41.1. The number of nitrogens with one attached hydrogen (secondary N) is 1. The van der Waals surface area contributed by atoms with Crippen molar-refractivity contribution in [1.82, 2.24) is 10.2 Å². The number of anilines is 1. The summed E-state index contributed by atoms with van der Waals surface area (Å²) in [5.74, 6) is -1.33. The molecule has 0 aliphatic rings. The van der Waals surface area contributed by atoms with Crippen LogP contribution < -0.4 is 9.62 Å². The Labute approximate surface area is 247 Å². The average Bonchev–Trinajstić information content (AvgIpc) is 2.98. The number of fused-ring (bicyclic) bond motifs is 1. The first-order chi connectivity index (χ1) is 20.1. The van der Waals surface area contributed by atoms with Crippen molar-refractivity contribution in [2.45, 2.75) is 45.3 Å². The number of rotatable bonds is 12. The van der Waals surface area contributed by atoms with Crippen molar-refractivity contribution >= 4 is 38.3 Å². The maximum Gasteiger partial charge on any atom is 0.244 e. The van der Waals surface area contributed by atoms with Gasteiger partial charge in [-0.3, -0.25) is 13.9 Å². The number of hydrogen-bond donors (Lipinski definition) is 1. The highest BCUT2D eigenvalue weighted by Crippen LogP contribution is 2.29. The van der Waals surface area contributed by atoms with E-state index in [1.54, 1.807) is 30.3 Å². The summed E-state index contributed by atoms with van der Waals surface area (Å²) in [6.45, 7) is 3.30. The van der Waals surface area contributed by atoms with Crippen molar-refractivity contribution in [3.63, 3.8) is 0 Å². The third-order valence-electron chi connectivity index (χ3n) is 7.25. The highest BCUT2D eigenvalue weighted by Gasteiger charge is 2.33. The molecule has 0 aliphatic heterocycles. The Bertz CT molecular complexity index is 1620. The highest BCUT2D eigenvalue weighted by atomic mass is 32.2. The largest absolute Gasteiger partial charge is 0.352 e. The molecule has 0 heterocycles. The monoisotopic (exact) mass is 589 g/mol. The lowest BCUT2D eigenvalue weighted by Crippen LogP contribution is -2.54. The van der Waals surface area contributed by atoms with Gasteiger partial charge < -0.3 is 10.2 Å². The molecule has 220 valence electrons. The van der Waals surface area contributed by atoms with Crippen LogP contribution in [0.25, 0.3) is 10.8 Å². The summed E-state index contributed by atoms with van der Waals surface area (Å²) in [5, 5.41) is 4.50. The average molecular weight is 590 g/mol. The molecule has 4 aromatic rings. The van der Waals surface area contributed by atoms with E-state index in [0.29, 0.717) is 23.1 Å². The van der Waals surface area contributed by atoms with Gasteiger partial charge in [-0.2, -0.15) is 0 Å². The van der Waals surface area contributed by atoms with E-state index in [-0.39, 0.29) is 24.9 Å². The molecule has 0 saturated carbocycles. The lowest BCUT2D eigenvalue weighted by Gasteiger charge is -2.34. The van der Waals surface area contributed by atoms with E-state index in [0.717, 1.165) is 21.5 Å². The Morgan fingerprint density at radius 1 is 0.857 bits per heavy atom. The molecule has 7 nitrogen and oxygen atoms in total. The summed E-state index contributed by atoms with van der Waals surface area (Å²) >= 11 is 0. The van der Waals surface area contributed by atoms with Crippen LogP contribution in [0.5, 0.6) is 0 Å². The van der Waals surface area contributed by atoms with E-state index in [1.807, 2.05) is 68.4 Å². The van der Waals surface area contributed by atoms with Gasteiger partial charge in [-0.15, -0.1) is 0 Å². The number of halogens is 1. The highest BCUT2D eigenvalue weighted by molar-refractivity contribution is 7.92. The Morgan fingerprint density at radius 3 is 2.17 bits per heavy atom. The molecule has 2 amide bonds. The van der Waals surface area contributed by atoms with E-state index >= 15 is 0 Å². The van der Waals surface area contributed by atoms with Crippen LogP contribution in [0.4, 0.5) is 10.1 Å². The van der Waals surface area contributed by atoms with Gasteiger partial charge >= 0.3 is 0 Å². The van der Waals surface area contributed by atoms with Crippen molar-refractivity contribution in [2.75, 3.05) is 17.1 Å². The minimum atomic E-state index is -3.91. The van der Waals surface area contributed by atoms with Crippen LogP contribution in [0.2, 0.25) is 0 Å². The summed E-state index contributed by atoms with van der Waals surface area (Å²) in [4.78, 5) is 29.4. The summed E-state index contributed by atoms with van der Waals surface area (Å²) in [6.07, 6.45) is 1.96. The zero-order valence-electron chi connectivity index (χ0n) is 24.0. The topological polar surface area (TPSA) is 86.8 Å². The Balaban J connectivity index is 1.78. The Hall–Kier alpha value is -4.24.